The molecule has 1 unspecified atom stereocenters. The summed E-state index contributed by atoms with van der Waals surface area (Å²) in [4.78, 5) is 20.6. The van der Waals surface area contributed by atoms with E-state index in [1.54, 1.807) is 13.8 Å². The first kappa shape index (κ1) is 19.2. The number of unbranched alkanes of at least 4 members (excludes halogenated alkanes) is 1. The lowest BCUT2D eigenvalue weighted by atomic mass is 10.1. The highest BCUT2D eigenvalue weighted by Gasteiger charge is 2.14. The molecule has 2 atom stereocenters. The van der Waals surface area contributed by atoms with E-state index in [4.69, 9.17) is 15.9 Å². The number of ether oxygens (including phenoxy) is 1. The van der Waals surface area contributed by atoms with Crippen molar-refractivity contribution in [3.8, 4) is 0 Å². The molecule has 108 valence electrons. The number of carboxylic acids is 1. The van der Waals surface area contributed by atoms with Crippen LogP contribution >= 0.6 is 0 Å². The Morgan fingerprint density at radius 2 is 1.78 bits per heavy atom. The predicted octanol–water partition coefficient (Wildman–Crippen LogP) is 0.765. The Hall–Kier alpha value is -1.14. The van der Waals surface area contributed by atoms with Gasteiger partial charge in [0.25, 0.3) is 0 Å². The maximum Gasteiger partial charge on any atom is 0.334 e. The topological polar surface area (TPSA) is 110 Å². The summed E-state index contributed by atoms with van der Waals surface area (Å²) < 4.78 is 4.65. The molecule has 0 saturated carbocycles. The van der Waals surface area contributed by atoms with Crippen molar-refractivity contribution in [1.29, 1.82) is 0 Å². The van der Waals surface area contributed by atoms with Crippen molar-refractivity contribution in [2.45, 2.75) is 52.7 Å². The number of carbonyl (C=O) groups excluding carboxylic acids is 1. The average molecular weight is 263 g/mol. The second-order valence-corrected chi connectivity index (χ2v) is 4.31. The number of hydrogen-bond acceptors (Lipinski definition) is 5. The number of carbonyl (C=O) groups is 2. The van der Waals surface area contributed by atoms with Crippen molar-refractivity contribution in [2.24, 2.45) is 11.7 Å². The van der Waals surface area contributed by atoms with Gasteiger partial charge in [-0.2, -0.15) is 0 Å². The van der Waals surface area contributed by atoms with Gasteiger partial charge in [-0.25, -0.2) is 4.79 Å². The lowest BCUT2D eigenvalue weighted by molar-refractivity contribution is -0.152. The smallest absolute Gasteiger partial charge is 0.334 e. The molecule has 0 aliphatic heterocycles. The summed E-state index contributed by atoms with van der Waals surface area (Å²) in [7, 11) is 0. The van der Waals surface area contributed by atoms with Crippen molar-refractivity contribution in [1.82, 2.24) is 0 Å². The Labute approximate surface area is 108 Å². The van der Waals surface area contributed by atoms with Gasteiger partial charge in [-0.05, 0) is 19.3 Å². The third kappa shape index (κ3) is 11.3. The first-order chi connectivity index (χ1) is 8.23. The summed E-state index contributed by atoms with van der Waals surface area (Å²) in [6, 6.07) is -0.713. The number of rotatable bonds is 6. The minimum absolute atomic E-state index is 0.0208. The van der Waals surface area contributed by atoms with Crippen LogP contribution in [0.1, 0.15) is 40.5 Å². The lowest BCUT2D eigenvalue weighted by Crippen LogP contribution is -2.34. The Morgan fingerprint density at radius 3 is 2.00 bits per heavy atom. The van der Waals surface area contributed by atoms with Crippen molar-refractivity contribution in [3.05, 3.63) is 0 Å². The SMILES string of the molecule is CC(C)[C@H](N)C(=O)O.CCCCOC(=O)C(C)O. The summed E-state index contributed by atoms with van der Waals surface area (Å²) in [6.07, 6.45) is 0.864. The second-order valence-electron chi connectivity index (χ2n) is 4.31. The summed E-state index contributed by atoms with van der Waals surface area (Å²) in [6.45, 7) is 7.38. The van der Waals surface area contributed by atoms with Crippen LogP contribution in [0.2, 0.25) is 0 Å². The zero-order valence-corrected chi connectivity index (χ0v) is 11.5. The summed E-state index contributed by atoms with van der Waals surface area (Å²) >= 11 is 0. The molecule has 0 fully saturated rings. The van der Waals surface area contributed by atoms with Gasteiger partial charge in [0.1, 0.15) is 12.1 Å². The largest absolute Gasteiger partial charge is 0.480 e. The highest BCUT2D eigenvalue weighted by atomic mass is 16.5. The molecule has 4 N–H and O–H groups in total. The highest BCUT2D eigenvalue weighted by molar-refractivity contribution is 5.73. The van der Waals surface area contributed by atoms with E-state index in [1.807, 2.05) is 6.92 Å². The molecule has 0 heterocycles. The molecule has 6 heteroatoms. The van der Waals surface area contributed by atoms with Gasteiger partial charge in [0.2, 0.25) is 0 Å². The average Bonchev–Trinajstić information content (AvgIpc) is 2.28. The van der Waals surface area contributed by atoms with Crippen LogP contribution in [0.3, 0.4) is 0 Å². The number of aliphatic hydroxyl groups excluding tert-OH is 1. The molecule has 0 saturated heterocycles. The monoisotopic (exact) mass is 263 g/mol. The van der Waals surface area contributed by atoms with Crippen LogP contribution in [0.15, 0.2) is 0 Å². The quantitative estimate of drug-likeness (QED) is 0.482. The van der Waals surface area contributed by atoms with Crippen molar-refractivity contribution < 1.29 is 24.5 Å². The minimum atomic E-state index is -0.989. The van der Waals surface area contributed by atoms with Crippen molar-refractivity contribution in [2.75, 3.05) is 6.61 Å². The van der Waals surface area contributed by atoms with Gasteiger partial charge in [0, 0.05) is 0 Å². The van der Waals surface area contributed by atoms with Gasteiger partial charge in [0.15, 0.2) is 0 Å². The van der Waals surface area contributed by atoms with Gasteiger partial charge < -0.3 is 20.7 Å². The van der Waals surface area contributed by atoms with E-state index in [-0.39, 0.29) is 5.92 Å². The molecule has 0 spiro atoms. The molecule has 0 aliphatic carbocycles. The fourth-order valence-corrected chi connectivity index (χ4v) is 0.723. The molecule has 18 heavy (non-hydrogen) atoms. The van der Waals surface area contributed by atoms with E-state index in [0.717, 1.165) is 12.8 Å². The van der Waals surface area contributed by atoms with E-state index in [1.165, 1.54) is 6.92 Å². The summed E-state index contributed by atoms with van der Waals surface area (Å²) in [5.41, 5.74) is 5.16. The van der Waals surface area contributed by atoms with Crippen LogP contribution in [0, 0.1) is 5.92 Å². The molecule has 0 bridgehead atoms. The zero-order valence-electron chi connectivity index (χ0n) is 11.5. The Morgan fingerprint density at radius 1 is 1.28 bits per heavy atom. The molecular weight excluding hydrogens is 238 g/mol. The number of carboxylic acid groups (broad SMARTS) is 1. The number of nitrogens with two attached hydrogens (primary N) is 1. The van der Waals surface area contributed by atoms with E-state index in [0.29, 0.717) is 6.61 Å². The fraction of sp³-hybridized carbons (Fsp3) is 0.833. The minimum Gasteiger partial charge on any atom is -0.480 e. The van der Waals surface area contributed by atoms with Crippen molar-refractivity contribution >= 4 is 11.9 Å². The Bertz CT molecular complexity index is 241. The molecule has 0 radical (unpaired) electrons. The fourth-order valence-electron chi connectivity index (χ4n) is 0.723. The van der Waals surface area contributed by atoms with Gasteiger partial charge in [-0.15, -0.1) is 0 Å². The molecule has 0 rings (SSSR count). The van der Waals surface area contributed by atoms with E-state index in [9.17, 15) is 9.59 Å². The van der Waals surface area contributed by atoms with Gasteiger partial charge in [-0.3, -0.25) is 4.79 Å². The number of hydrogen-bond donors (Lipinski definition) is 3. The molecule has 0 aliphatic rings. The van der Waals surface area contributed by atoms with Gasteiger partial charge in [0.05, 0.1) is 6.61 Å². The molecule has 0 aromatic heterocycles. The summed E-state index contributed by atoms with van der Waals surface area (Å²) in [5.74, 6) is -1.44. The Balaban J connectivity index is 0. The van der Waals surface area contributed by atoms with Crippen LogP contribution in [0.25, 0.3) is 0 Å². The van der Waals surface area contributed by atoms with Gasteiger partial charge >= 0.3 is 11.9 Å². The standard InChI is InChI=1S/C7H14O3.C5H11NO2/c1-3-4-5-10-7(9)6(2)8;1-3(2)4(6)5(7)8/h6,8H,3-5H2,1-2H3;3-4H,6H2,1-2H3,(H,7,8)/t;4-/m.0/s1. The first-order valence-electron chi connectivity index (χ1n) is 6.07. The first-order valence-corrected chi connectivity index (χ1v) is 6.07. The van der Waals surface area contributed by atoms with Crippen LogP contribution in [-0.2, 0) is 14.3 Å². The van der Waals surface area contributed by atoms with Crippen LogP contribution < -0.4 is 5.73 Å². The second kappa shape index (κ2) is 11.0. The number of esters is 1. The predicted molar refractivity (Wildman–Crippen MR) is 68.0 cm³/mol. The third-order valence-corrected chi connectivity index (χ3v) is 2.09. The lowest BCUT2D eigenvalue weighted by Gasteiger charge is -2.07. The van der Waals surface area contributed by atoms with Gasteiger partial charge in [-0.1, -0.05) is 27.2 Å². The normalized spacial score (nSPS) is 13.3. The Kier molecular flexibility index (Phi) is 11.7. The number of aliphatic hydroxyl groups is 1. The maximum atomic E-state index is 10.5. The third-order valence-electron chi connectivity index (χ3n) is 2.09. The van der Waals surface area contributed by atoms with Crippen LogP contribution in [0.5, 0.6) is 0 Å². The van der Waals surface area contributed by atoms with Crippen LogP contribution in [-0.4, -0.2) is 40.9 Å². The van der Waals surface area contributed by atoms with E-state index < -0.39 is 24.1 Å². The van der Waals surface area contributed by atoms with Crippen molar-refractivity contribution in [3.63, 3.8) is 0 Å². The molecule has 6 nitrogen and oxygen atoms in total. The molecular formula is C12H25NO5. The molecule has 0 aromatic rings. The maximum absolute atomic E-state index is 10.5. The highest BCUT2D eigenvalue weighted by Crippen LogP contribution is 1.96. The van der Waals surface area contributed by atoms with E-state index >= 15 is 0 Å². The molecule has 0 aromatic carbocycles. The summed E-state index contributed by atoms with van der Waals surface area (Å²) in [5, 5.41) is 16.9. The van der Waals surface area contributed by atoms with E-state index in [2.05, 4.69) is 4.74 Å². The number of aliphatic carboxylic acids is 1. The molecule has 0 amide bonds. The zero-order chi connectivity index (χ0) is 14.7. The van der Waals surface area contributed by atoms with Crippen LogP contribution in [0.4, 0.5) is 0 Å².